The van der Waals surface area contributed by atoms with Crippen LogP contribution in [0.25, 0.3) is 0 Å². The van der Waals surface area contributed by atoms with Crippen molar-refractivity contribution in [2.75, 3.05) is 12.4 Å². The first kappa shape index (κ1) is 19.1. The largest absolute Gasteiger partial charge is 0.464 e. The summed E-state index contributed by atoms with van der Waals surface area (Å²) < 4.78 is 5.17. The van der Waals surface area contributed by atoms with E-state index in [9.17, 15) is 9.59 Å². The number of ether oxygens (including phenoxy) is 1. The van der Waals surface area contributed by atoms with Crippen LogP contribution in [-0.2, 0) is 14.3 Å². The van der Waals surface area contributed by atoms with Crippen LogP contribution in [0.3, 0.4) is 0 Å². The van der Waals surface area contributed by atoms with E-state index in [2.05, 4.69) is 0 Å². The number of amides is 1. The van der Waals surface area contributed by atoms with Gasteiger partial charge in [0, 0.05) is 17.2 Å². The van der Waals surface area contributed by atoms with Gasteiger partial charge < -0.3 is 9.64 Å². The lowest BCUT2D eigenvalue weighted by Gasteiger charge is -2.31. The molecule has 0 aromatic heterocycles. The van der Waals surface area contributed by atoms with Gasteiger partial charge in [-0.25, -0.2) is 4.79 Å². The molecule has 1 heterocycles. The summed E-state index contributed by atoms with van der Waals surface area (Å²) in [6, 6.07) is 6.91. The van der Waals surface area contributed by atoms with Crippen molar-refractivity contribution in [2.24, 2.45) is 5.41 Å². The van der Waals surface area contributed by atoms with Gasteiger partial charge in [0.25, 0.3) is 0 Å². The number of esters is 1. The predicted octanol–water partition coefficient (Wildman–Crippen LogP) is 4.28. The lowest BCUT2D eigenvalue weighted by molar-refractivity contribution is -0.154. The standard InChI is InChI=1S/C18H24ClNO3S/c1-5-23-17(22)14-11-24-16(12-7-6-8-13(19)9-12)20(14)15(21)10-18(2,3)4/h6-9,14,16H,5,10-11H2,1-4H3. The lowest BCUT2D eigenvalue weighted by Crippen LogP contribution is -2.44. The third kappa shape index (κ3) is 4.67. The Bertz CT molecular complexity index is 615. The van der Waals surface area contributed by atoms with E-state index in [1.165, 1.54) is 0 Å². The minimum Gasteiger partial charge on any atom is -0.464 e. The number of rotatable bonds is 4. The first-order valence-corrected chi connectivity index (χ1v) is 9.50. The molecule has 1 fully saturated rings. The number of carbonyl (C=O) groups excluding carboxylic acids is 2. The molecule has 132 valence electrons. The average Bonchev–Trinajstić information content (AvgIpc) is 2.90. The summed E-state index contributed by atoms with van der Waals surface area (Å²) in [6.07, 6.45) is 0.376. The van der Waals surface area contributed by atoms with Gasteiger partial charge in [0.2, 0.25) is 5.91 Å². The maximum atomic E-state index is 12.9. The molecule has 2 atom stereocenters. The molecule has 1 aliphatic rings. The first-order valence-electron chi connectivity index (χ1n) is 8.08. The third-order valence-electron chi connectivity index (χ3n) is 3.66. The molecule has 24 heavy (non-hydrogen) atoms. The molecule has 0 aliphatic carbocycles. The van der Waals surface area contributed by atoms with Crippen molar-refractivity contribution in [2.45, 2.75) is 45.5 Å². The van der Waals surface area contributed by atoms with E-state index >= 15 is 0 Å². The highest BCUT2D eigenvalue weighted by atomic mass is 35.5. The van der Waals surface area contributed by atoms with Crippen molar-refractivity contribution in [3.05, 3.63) is 34.9 Å². The van der Waals surface area contributed by atoms with Crippen LogP contribution in [0, 0.1) is 5.41 Å². The lowest BCUT2D eigenvalue weighted by atomic mass is 9.91. The van der Waals surface area contributed by atoms with E-state index in [-0.39, 0.29) is 22.7 Å². The van der Waals surface area contributed by atoms with E-state index in [4.69, 9.17) is 16.3 Å². The number of thioether (sulfide) groups is 1. The Morgan fingerprint density at radius 2 is 2.08 bits per heavy atom. The van der Waals surface area contributed by atoms with Gasteiger partial charge in [-0.1, -0.05) is 44.5 Å². The molecule has 0 N–H and O–H groups in total. The zero-order chi connectivity index (χ0) is 17.9. The van der Waals surface area contributed by atoms with Gasteiger partial charge in [0.05, 0.1) is 6.61 Å². The van der Waals surface area contributed by atoms with Gasteiger partial charge >= 0.3 is 5.97 Å². The van der Waals surface area contributed by atoms with Crippen molar-refractivity contribution in [1.29, 1.82) is 0 Å². The van der Waals surface area contributed by atoms with Crippen LogP contribution >= 0.6 is 23.4 Å². The molecule has 1 aliphatic heterocycles. The van der Waals surface area contributed by atoms with Gasteiger partial charge in [-0.15, -0.1) is 11.8 Å². The van der Waals surface area contributed by atoms with Gasteiger partial charge in [0.1, 0.15) is 11.4 Å². The average molecular weight is 370 g/mol. The molecule has 2 unspecified atom stereocenters. The molecule has 0 radical (unpaired) electrons. The van der Waals surface area contributed by atoms with E-state index in [1.54, 1.807) is 29.7 Å². The van der Waals surface area contributed by atoms with Crippen molar-refractivity contribution >= 4 is 35.2 Å². The van der Waals surface area contributed by atoms with Crippen molar-refractivity contribution < 1.29 is 14.3 Å². The predicted molar refractivity (Wildman–Crippen MR) is 98.0 cm³/mol. The summed E-state index contributed by atoms with van der Waals surface area (Å²) in [5, 5.41) is 0.406. The van der Waals surface area contributed by atoms with Crippen LogP contribution in [0.2, 0.25) is 5.02 Å². The van der Waals surface area contributed by atoms with Crippen LogP contribution < -0.4 is 0 Å². The highest BCUT2D eigenvalue weighted by molar-refractivity contribution is 7.99. The smallest absolute Gasteiger partial charge is 0.329 e. The Hall–Kier alpha value is -1.20. The maximum Gasteiger partial charge on any atom is 0.329 e. The van der Waals surface area contributed by atoms with Gasteiger partial charge in [-0.2, -0.15) is 0 Å². The minimum absolute atomic E-state index is 0.0319. The number of benzene rings is 1. The van der Waals surface area contributed by atoms with Crippen molar-refractivity contribution in [1.82, 2.24) is 4.90 Å². The summed E-state index contributed by atoms with van der Waals surface area (Å²) >= 11 is 7.68. The Morgan fingerprint density at radius 3 is 2.67 bits per heavy atom. The topological polar surface area (TPSA) is 46.6 Å². The van der Waals surface area contributed by atoms with E-state index in [0.717, 1.165) is 5.56 Å². The normalized spacial score (nSPS) is 21.0. The maximum absolute atomic E-state index is 12.9. The molecule has 1 aromatic rings. The highest BCUT2D eigenvalue weighted by Crippen LogP contribution is 2.43. The zero-order valence-electron chi connectivity index (χ0n) is 14.5. The third-order valence-corrected chi connectivity index (χ3v) is 5.22. The molecular weight excluding hydrogens is 346 g/mol. The number of halogens is 1. The summed E-state index contributed by atoms with van der Waals surface area (Å²) in [4.78, 5) is 26.9. The van der Waals surface area contributed by atoms with Crippen LogP contribution in [0.1, 0.15) is 45.1 Å². The van der Waals surface area contributed by atoms with Crippen LogP contribution in [-0.4, -0.2) is 35.2 Å². The molecule has 0 spiro atoms. The number of hydrogen-bond donors (Lipinski definition) is 0. The number of carbonyl (C=O) groups is 2. The van der Waals surface area contributed by atoms with Crippen LogP contribution in [0.4, 0.5) is 0 Å². The fourth-order valence-corrected chi connectivity index (χ4v) is 4.32. The first-order chi connectivity index (χ1) is 11.2. The monoisotopic (exact) mass is 369 g/mol. The Balaban J connectivity index is 2.32. The fourth-order valence-electron chi connectivity index (χ4n) is 2.69. The molecule has 2 rings (SSSR count). The van der Waals surface area contributed by atoms with Gasteiger partial charge in [-0.05, 0) is 30.0 Å². The second-order valence-corrected chi connectivity index (χ2v) is 8.60. The Kier molecular flexibility index (Phi) is 6.21. The summed E-state index contributed by atoms with van der Waals surface area (Å²) in [5.41, 5.74) is 0.782. The summed E-state index contributed by atoms with van der Waals surface area (Å²) in [7, 11) is 0. The summed E-state index contributed by atoms with van der Waals surface area (Å²) in [5.74, 6) is 0.165. The van der Waals surface area contributed by atoms with E-state index < -0.39 is 6.04 Å². The molecule has 0 saturated carbocycles. The molecule has 4 nitrogen and oxygen atoms in total. The van der Waals surface area contributed by atoms with Gasteiger partial charge in [-0.3, -0.25) is 4.79 Å². The molecular formula is C18H24ClNO3S. The second kappa shape index (κ2) is 7.79. The van der Waals surface area contributed by atoms with Crippen LogP contribution in [0.5, 0.6) is 0 Å². The minimum atomic E-state index is -0.547. The van der Waals surface area contributed by atoms with Crippen molar-refractivity contribution in [3.63, 3.8) is 0 Å². The second-order valence-electron chi connectivity index (χ2n) is 7.05. The zero-order valence-corrected chi connectivity index (χ0v) is 16.1. The molecule has 1 amide bonds. The van der Waals surface area contributed by atoms with E-state index in [0.29, 0.717) is 23.8 Å². The molecule has 0 bridgehead atoms. The highest BCUT2D eigenvalue weighted by Gasteiger charge is 2.43. The molecule has 1 aromatic carbocycles. The SMILES string of the molecule is CCOC(=O)C1CSC(c2cccc(Cl)c2)N1C(=O)CC(C)(C)C. The van der Waals surface area contributed by atoms with E-state index in [1.807, 2.05) is 39.0 Å². The van der Waals surface area contributed by atoms with Crippen LogP contribution in [0.15, 0.2) is 24.3 Å². The molecule has 1 saturated heterocycles. The summed E-state index contributed by atoms with van der Waals surface area (Å²) in [6.45, 7) is 8.13. The van der Waals surface area contributed by atoms with Gasteiger partial charge in [0.15, 0.2) is 0 Å². The Morgan fingerprint density at radius 1 is 1.38 bits per heavy atom. The fraction of sp³-hybridized carbons (Fsp3) is 0.556. The number of hydrogen-bond acceptors (Lipinski definition) is 4. The Labute approximate surface area is 152 Å². The number of nitrogens with zero attached hydrogens (tertiary/aromatic N) is 1. The quantitative estimate of drug-likeness (QED) is 0.743. The molecule has 6 heteroatoms. The van der Waals surface area contributed by atoms with Crippen molar-refractivity contribution in [3.8, 4) is 0 Å².